The highest BCUT2D eigenvalue weighted by molar-refractivity contribution is 7.89. The first kappa shape index (κ1) is 15.0. The van der Waals surface area contributed by atoms with Gasteiger partial charge in [-0.05, 0) is 30.6 Å². The van der Waals surface area contributed by atoms with Crippen molar-refractivity contribution >= 4 is 10.0 Å². The molecule has 0 aromatic heterocycles. The highest BCUT2D eigenvalue weighted by Gasteiger charge is 2.31. The Morgan fingerprint density at radius 3 is 2.24 bits per heavy atom. The van der Waals surface area contributed by atoms with E-state index in [1.54, 1.807) is 4.31 Å². The van der Waals surface area contributed by atoms with Crippen LogP contribution in [-0.2, 0) is 10.0 Å². The van der Waals surface area contributed by atoms with Gasteiger partial charge >= 0.3 is 0 Å². The molecule has 1 fully saturated rings. The molecule has 1 aliphatic heterocycles. The van der Waals surface area contributed by atoms with Crippen molar-refractivity contribution in [1.82, 2.24) is 4.31 Å². The van der Waals surface area contributed by atoms with Crippen LogP contribution in [0.4, 0.5) is 0 Å². The van der Waals surface area contributed by atoms with Gasteiger partial charge in [0.15, 0.2) is 0 Å². The molecule has 0 aromatic carbocycles. The average molecular weight is 261 g/mol. The maximum atomic E-state index is 12.3. The van der Waals surface area contributed by atoms with Crippen molar-refractivity contribution in [3.63, 3.8) is 0 Å². The second-order valence-corrected chi connectivity index (χ2v) is 7.95. The second-order valence-electron chi connectivity index (χ2n) is 5.94. The summed E-state index contributed by atoms with van der Waals surface area (Å²) in [4.78, 5) is 0. The molecule has 1 saturated heterocycles. The molecule has 0 aliphatic carbocycles. The van der Waals surface area contributed by atoms with Crippen LogP contribution in [0.5, 0.6) is 0 Å². The summed E-state index contributed by atoms with van der Waals surface area (Å²) >= 11 is 0. The van der Waals surface area contributed by atoms with Gasteiger partial charge in [0.1, 0.15) is 0 Å². The third-order valence-electron chi connectivity index (χ3n) is 3.51. The summed E-state index contributed by atoms with van der Waals surface area (Å²) in [6.07, 6.45) is 3.21. The van der Waals surface area contributed by atoms with Gasteiger partial charge in [0, 0.05) is 13.1 Å². The number of hydrogen-bond acceptors (Lipinski definition) is 2. The van der Waals surface area contributed by atoms with Crippen molar-refractivity contribution < 1.29 is 8.42 Å². The number of sulfonamides is 1. The molecule has 0 amide bonds. The first-order chi connectivity index (χ1) is 7.85. The second kappa shape index (κ2) is 6.19. The average Bonchev–Trinajstić information content (AvgIpc) is 2.15. The standard InChI is InChI=1S/C13H27NO2S/c1-5-6-11(2)10-17(15,16)14-8-12(3)7-13(4)9-14/h11-13H,5-10H2,1-4H3/t11-,12+,13+/m0/s1. The fourth-order valence-electron chi connectivity index (χ4n) is 2.87. The van der Waals surface area contributed by atoms with E-state index in [1.807, 2.05) is 6.92 Å². The smallest absolute Gasteiger partial charge is 0.212 e. The quantitative estimate of drug-likeness (QED) is 0.763. The molecule has 0 saturated carbocycles. The Labute approximate surface area is 107 Å². The van der Waals surface area contributed by atoms with Crippen LogP contribution in [0.2, 0.25) is 0 Å². The largest absolute Gasteiger partial charge is 0.214 e. The zero-order valence-corrected chi connectivity index (χ0v) is 12.5. The summed E-state index contributed by atoms with van der Waals surface area (Å²) in [5, 5.41) is 0. The molecule has 0 aromatic rings. The van der Waals surface area contributed by atoms with Crippen LogP contribution in [0.15, 0.2) is 0 Å². The maximum absolute atomic E-state index is 12.3. The van der Waals surface area contributed by atoms with Crippen LogP contribution >= 0.6 is 0 Å². The minimum atomic E-state index is -3.04. The van der Waals surface area contributed by atoms with Crippen molar-refractivity contribution in [2.75, 3.05) is 18.8 Å². The van der Waals surface area contributed by atoms with Crippen molar-refractivity contribution in [3.8, 4) is 0 Å². The van der Waals surface area contributed by atoms with E-state index in [1.165, 1.54) is 0 Å². The van der Waals surface area contributed by atoms with Gasteiger partial charge in [0.2, 0.25) is 10.0 Å². The van der Waals surface area contributed by atoms with Crippen LogP contribution < -0.4 is 0 Å². The maximum Gasteiger partial charge on any atom is 0.214 e. The molecule has 4 heteroatoms. The number of hydrogen-bond donors (Lipinski definition) is 0. The molecule has 3 atom stereocenters. The van der Waals surface area contributed by atoms with E-state index in [4.69, 9.17) is 0 Å². The molecule has 0 unspecified atom stereocenters. The predicted octanol–water partition coefficient (Wildman–Crippen LogP) is 2.73. The first-order valence-corrected chi connectivity index (χ1v) is 8.43. The Hall–Kier alpha value is -0.0900. The van der Waals surface area contributed by atoms with Crippen molar-refractivity contribution in [1.29, 1.82) is 0 Å². The number of piperidine rings is 1. The molecule has 102 valence electrons. The van der Waals surface area contributed by atoms with Gasteiger partial charge in [-0.1, -0.05) is 34.1 Å². The Balaban J connectivity index is 2.63. The van der Waals surface area contributed by atoms with Gasteiger partial charge in [-0.2, -0.15) is 0 Å². The predicted molar refractivity (Wildman–Crippen MR) is 72.4 cm³/mol. The summed E-state index contributed by atoms with van der Waals surface area (Å²) in [5.41, 5.74) is 0. The number of nitrogens with zero attached hydrogens (tertiary/aromatic N) is 1. The number of rotatable bonds is 5. The van der Waals surface area contributed by atoms with Gasteiger partial charge in [-0.3, -0.25) is 0 Å². The topological polar surface area (TPSA) is 37.4 Å². The molecular weight excluding hydrogens is 234 g/mol. The van der Waals surface area contributed by atoms with Crippen LogP contribution in [-0.4, -0.2) is 31.6 Å². The summed E-state index contributed by atoms with van der Waals surface area (Å²) in [6.45, 7) is 9.87. The molecule has 0 bridgehead atoms. The Morgan fingerprint density at radius 1 is 1.24 bits per heavy atom. The molecular formula is C13H27NO2S. The lowest BCUT2D eigenvalue weighted by molar-refractivity contribution is 0.221. The first-order valence-electron chi connectivity index (χ1n) is 6.83. The lowest BCUT2D eigenvalue weighted by atomic mass is 9.94. The van der Waals surface area contributed by atoms with E-state index in [0.29, 0.717) is 30.7 Å². The van der Waals surface area contributed by atoms with Gasteiger partial charge < -0.3 is 0 Å². The summed E-state index contributed by atoms with van der Waals surface area (Å²) in [5.74, 6) is 1.59. The van der Waals surface area contributed by atoms with E-state index < -0.39 is 10.0 Å². The summed E-state index contributed by atoms with van der Waals surface area (Å²) < 4.78 is 26.3. The third kappa shape index (κ3) is 4.59. The third-order valence-corrected chi connectivity index (χ3v) is 5.58. The van der Waals surface area contributed by atoms with E-state index in [9.17, 15) is 8.42 Å². The van der Waals surface area contributed by atoms with Crippen LogP contribution in [0.25, 0.3) is 0 Å². The summed E-state index contributed by atoms with van der Waals surface area (Å²) in [6, 6.07) is 0. The van der Waals surface area contributed by atoms with Crippen LogP contribution in [0.3, 0.4) is 0 Å². The van der Waals surface area contributed by atoms with Gasteiger partial charge in [-0.25, -0.2) is 12.7 Å². The van der Waals surface area contributed by atoms with Crippen molar-refractivity contribution in [2.45, 2.75) is 47.0 Å². The molecule has 3 nitrogen and oxygen atoms in total. The zero-order valence-electron chi connectivity index (χ0n) is 11.6. The fraction of sp³-hybridized carbons (Fsp3) is 1.00. The van der Waals surface area contributed by atoms with E-state index >= 15 is 0 Å². The Morgan fingerprint density at radius 2 is 1.76 bits per heavy atom. The minimum Gasteiger partial charge on any atom is -0.212 e. The normalized spacial score (nSPS) is 29.2. The molecule has 1 rings (SSSR count). The van der Waals surface area contributed by atoms with Crippen molar-refractivity contribution in [3.05, 3.63) is 0 Å². The van der Waals surface area contributed by atoms with Gasteiger partial charge in [0.05, 0.1) is 5.75 Å². The molecule has 17 heavy (non-hydrogen) atoms. The summed E-state index contributed by atoms with van der Waals surface area (Å²) in [7, 11) is -3.04. The molecule has 0 spiro atoms. The Kier molecular flexibility index (Phi) is 5.45. The highest BCUT2D eigenvalue weighted by atomic mass is 32.2. The van der Waals surface area contributed by atoms with Gasteiger partial charge in [-0.15, -0.1) is 0 Å². The van der Waals surface area contributed by atoms with E-state index in [-0.39, 0.29) is 5.92 Å². The minimum absolute atomic E-state index is 0.275. The Bertz CT molecular complexity index is 316. The molecule has 1 heterocycles. The van der Waals surface area contributed by atoms with Crippen LogP contribution in [0.1, 0.15) is 47.0 Å². The van der Waals surface area contributed by atoms with Crippen molar-refractivity contribution in [2.24, 2.45) is 17.8 Å². The zero-order chi connectivity index (χ0) is 13.1. The molecule has 0 N–H and O–H groups in total. The monoisotopic (exact) mass is 261 g/mol. The SMILES string of the molecule is CCC[C@H](C)CS(=O)(=O)N1C[C@H](C)C[C@@H](C)C1. The lowest BCUT2D eigenvalue weighted by Crippen LogP contribution is -2.44. The molecule has 1 aliphatic rings. The molecule has 0 radical (unpaired) electrons. The fourth-order valence-corrected chi connectivity index (χ4v) is 4.93. The lowest BCUT2D eigenvalue weighted by Gasteiger charge is -2.34. The highest BCUT2D eigenvalue weighted by Crippen LogP contribution is 2.24. The van der Waals surface area contributed by atoms with E-state index in [2.05, 4.69) is 20.8 Å². The van der Waals surface area contributed by atoms with Crippen LogP contribution in [0, 0.1) is 17.8 Å². The van der Waals surface area contributed by atoms with Gasteiger partial charge in [0.25, 0.3) is 0 Å². The van der Waals surface area contributed by atoms with E-state index in [0.717, 1.165) is 19.3 Å².